The quantitative estimate of drug-likeness (QED) is 0.488. The van der Waals surface area contributed by atoms with E-state index in [1.165, 1.54) is 0 Å². The van der Waals surface area contributed by atoms with E-state index in [-0.39, 0.29) is 18.1 Å². The maximum Gasteiger partial charge on any atom is 0.322 e. The molecule has 0 aromatic carbocycles. The van der Waals surface area contributed by atoms with E-state index < -0.39 is 21.7 Å². The molecule has 0 amide bonds. The molecular formula is C7H14N2O4S2. The maximum atomic E-state index is 11.6. The van der Waals surface area contributed by atoms with Gasteiger partial charge in [-0.25, -0.2) is 8.42 Å². The number of hydrogen-bond acceptors (Lipinski definition) is 5. The molecule has 0 aliphatic heterocycles. The third kappa shape index (κ3) is 5.05. The zero-order valence-corrected chi connectivity index (χ0v) is 10.2. The van der Waals surface area contributed by atoms with E-state index in [0.29, 0.717) is 0 Å². The number of hydrogen-bond donors (Lipinski definition) is 1. The number of carbonyl (C=O) groups excluding carboxylic acids is 1. The number of thiocarbonyl (C=S) groups is 1. The predicted octanol–water partition coefficient (Wildman–Crippen LogP) is -0.903. The molecule has 0 spiro atoms. The van der Waals surface area contributed by atoms with Crippen molar-refractivity contribution in [2.45, 2.75) is 6.92 Å². The first-order chi connectivity index (χ1) is 6.83. The van der Waals surface area contributed by atoms with Gasteiger partial charge in [-0.05, 0) is 0 Å². The molecule has 8 heteroatoms. The van der Waals surface area contributed by atoms with Crippen molar-refractivity contribution < 1.29 is 17.9 Å². The minimum absolute atomic E-state index is 0.0605. The van der Waals surface area contributed by atoms with Crippen LogP contribution in [0.25, 0.3) is 0 Å². The lowest BCUT2D eigenvalue weighted by Crippen LogP contribution is -2.40. The highest BCUT2D eigenvalue weighted by atomic mass is 32.2. The Hall–Kier alpha value is -0.730. The van der Waals surface area contributed by atoms with Gasteiger partial charge in [-0.2, -0.15) is 4.31 Å². The van der Waals surface area contributed by atoms with Gasteiger partial charge in [0.2, 0.25) is 10.0 Å². The first kappa shape index (κ1) is 14.3. The molecule has 0 radical (unpaired) electrons. The molecule has 0 aromatic rings. The van der Waals surface area contributed by atoms with E-state index in [9.17, 15) is 13.2 Å². The fraction of sp³-hybridized carbons (Fsp3) is 0.714. The summed E-state index contributed by atoms with van der Waals surface area (Å²) in [4.78, 5) is 10.9. The zero-order valence-electron chi connectivity index (χ0n) is 8.60. The standard InChI is InChI=1S/C7H14N2O4S2/c1-3-9(4-6(8)14)15(11,12)5-7(10)13-2/h3-5H2,1-2H3,(H2,8,14). The van der Waals surface area contributed by atoms with Crippen LogP contribution < -0.4 is 5.73 Å². The van der Waals surface area contributed by atoms with Crippen LogP contribution in [-0.4, -0.2) is 49.6 Å². The van der Waals surface area contributed by atoms with Gasteiger partial charge in [0.25, 0.3) is 0 Å². The Balaban J connectivity index is 4.66. The number of nitrogens with zero attached hydrogens (tertiary/aromatic N) is 1. The molecule has 0 fully saturated rings. The summed E-state index contributed by atoms with van der Waals surface area (Å²) in [7, 11) is -2.56. The average molecular weight is 254 g/mol. The lowest BCUT2D eigenvalue weighted by molar-refractivity contribution is -0.137. The summed E-state index contributed by atoms with van der Waals surface area (Å²) in [6.45, 7) is 1.77. The fourth-order valence-corrected chi connectivity index (χ4v) is 2.44. The number of rotatable bonds is 6. The van der Waals surface area contributed by atoms with E-state index in [1.54, 1.807) is 6.92 Å². The summed E-state index contributed by atoms with van der Waals surface area (Å²) in [5.74, 6) is -1.50. The number of carbonyl (C=O) groups is 1. The van der Waals surface area contributed by atoms with Crippen LogP contribution in [0.15, 0.2) is 0 Å². The van der Waals surface area contributed by atoms with Crippen molar-refractivity contribution >= 4 is 33.2 Å². The molecule has 0 saturated carbocycles. The van der Waals surface area contributed by atoms with E-state index in [1.807, 2.05) is 0 Å². The van der Waals surface area contributed by atoms with Crippen LogP contribution in [0.3, 0.4) is 0 Å². The largest absolute Gasteiger partial charge is 0.468 e. The van der Waals surface area contributed by atoms with Crippen LogP contribution in [0.2, 0.25) is 0 Å². The highest BCUT2D eigenvalue weighted by Gasteiger charge is 2.24. The number of sulfonamides is 1. The van der Waals surface area contributed by atoms with Crippen LogP contribution in [-0.2, 0) is 19.6 Å². The Bertz CT molecular complexity index is 339. The highest BCUT2D eigenvalue weighted by Crippen LogP contribution is 2.01. The molecule has 0 atom stereocenters. The maximum absolute atomic E-state index is 11.6. The van der Waals surface area contributed by atoms with Crippen LogP contribution in [0, 0.1) is 0 Å². The summed E-state index contributed by atoms with van der Waals surface area (Å²) >= 11 is 4.60. The monoisotopic (exact) mass is 254 g/mol. The second-order valence-corrected chi connectivity index (χ2v) is 5.22. The topological polar surface area (TPSA) is 89.7 Å². The van der Waals surface area contributed by atoms with Crippen molar-refractivity contribution in [3.05, 3.63) is 0 Å². The van der Waals surface area contributed by atoms with Crippen molar-refractivity contribution in [3.8, 4) is 0 Å². The molecule has 0 aromatic heterocycles. The first-order valence-corrected chi connectivity index (χ1v) is 6.18. The first-order valence-electron chi connectivity index (χ1n) is 4.16. The third-order valence-corrected chi connectivity index (χ3v) is 3.51. The Morgan fingerprint density at radius 2 is 2.07 bits per heavy atom. The SMILES string of the molecule is CCN(CC(N)=S)S(=O)(=O)CC(=O)OC. The highest BCUT2D eigenvalue weighted by molar-refractivity contribution is 7.89. The van der Waals surface area contributed by atoms with Crippen molar-refractivity contribution in [3.63, 3.8) is 0 Å². The van der Waals surface area contributed by atoms with E-state index in [0.717, 1.165) is 11.4 Å². The van der Waals surface area contributed by atoms with Crippen LogP contribution in [0.4, 0.5) is 0 Å². The summed E-state index contributed by atoms with van der Waals surface area (Å²) in [5.41, 5.74) is 5.24. The molecule has 0 bridgehead atoms. The number of likely N-dealkylation sites (N-methyl/N-ethyl adjacent to an activating group) is 1. The molecule has 2 N–H and O–H groups in total. The van der Waals surface area contributed by atoms with Gasteiger partial charge in [-0.3, -0.25) is 4.79 Å². The van der Waals surface area contributed by atoms with Gasteiger partial charge >= 0.3 is 5.97 Å². The normalized spacial score (nSPS) is 11.4. The van der Waals surface area contributed by atoms with Crippen molar-refractivity contribution in [2.75, 3.05) is 26.0 Å². The van der Waals surface area contributed by atoms with Crippen molar-refractivity contribution in [2.24, 2.45) is 5.73 Å². The van der Waals surface area contributed by atoms with Gasteiger partial charge in [0.15, 0.2) is 5.75 Å². The van der Waals surface area contributed by atoms with Crippen LogP contribution in [0.1, 0.15) is 6.92 Å². The fourth-order valence-electron chi connectivity index (χ4n) is 0.880. The lowest BCUT2D eigenvalue weighted by atomic mass is 10.6. The lowest BCUT2D eigenvalue weighted by Gasteiger charge is -2.18. The minimum atomic E-state index is -3.69. The molecule has 0 heterocycles. The Morgan fingerprint density at radius 3 is 2.40 bits per heavy atom. The Kier molecular flexibility index (Phi) is 5.69. The van der Waals surface area contributed by atoms with Crippen molar-refractivity contribution in [1.82, 2.24) is 4.31 Å². The average Bonchev–Trinajstić information content (AvgIpc) is 2.12. The predicted molar refractivity (Wildman–Crippen MR) is 59.8 cm³/mol. The summed E-state index contributed by atoms with van der Waals surface area (Å²) < 4.78 is 28.5. The van der Waals surface area contributed by atoms with Crippen LogP contribution in [0.5, 0.6) is 0 Å². The number of esters is 1. The van der Waals surface area contributed by atoms with Gasteiger partial charge in [0.05, 0.1) is 18.6 Å². The van der Waals surface area contributed by atoms with Crippen LogP contribution >= 0.6 is 12.2 Å². The van der Waals surface area contributed by atoms with Crippen molar-refractivity contribution in [1.29, 1.82) is 0 Å². The summed E-state index contributed by atoms with van der Waals surface area (Å²) in [5, 5.41) is 0. The Labute approximate surface area is 94.4 Å². The molecular weight excluding hydrogens is 240 g/mol. The van der Waals surface area contributed by atoms with Gasteiger partial charge in [-0.1, -0.05) is 19.1 Å². The number of methoxy groups -OCH3 is 1. The minimum Gasteiger partial charge on any atom is -0.468 e. The van der Waals surface area contributed by atoms with Gasteiger partial charge in [-0.15, -0.1) is 0 Å². The second kappa shape index (κ2) is 5.99. The summed E-state index contributed by atoms with van der Waals surface area (Å²) in [6, 6.07) is 0. The molecule has 0 unspecified atom stereocenters. The molecule has 6 nitrogen and oxygen atoms in total. The van der Waals surface area contributed by atoms with Gasteiger partial charge in [0.1, 0.15) is 0 Å². The van der Waals surface area contributed by atoms with E-state index in [4.69, 9.17) is 5.73 Å². The molecule has 0 aliphatic carbocycles. The van der Waals surface area contributed by atoms with E-state index in [2.05, 4.69) is 17.0 Å². The number of ether oxygens (including phenoxy) is 1. The smallest absolute Gasteiger partial charge is 0.322 e. The third-order valence-electron chi connectivity index (χ3n) is 1.61. The number of nitrogens with two attached hydrogens (primary N) is 1. The van der Waals surface area contributed by atoms with Gasteiger partial charge in [0, 0.05) is 6.54 Å². The molecule has 0 aliphatic rings. The Morgan fingerprint density at radius 1 is 1.53 bits per heavy atom. The second-order valence-electron chi connectivity index (χ2n) is 2.72. The molecule has 15 heavy (non-hydrogen) atoms. The molecule has 0 rings (SSSR count). The molecule has 88 valence electrons. The zero-order chi connectivity index (χ0) is 12.1. The van der Waals surface area contributed by atoms with Gasteiger partial charge < -0.3 is 10.5 Å². The molecule has 0 saturated heterocycles. The summed E-state index contributed by atoms with van der Waals surface area (Å²) in [6.07, 6.45) is 0. The van der Waals surface area contributed by atoms with E-state index >= 15 is 0 Å².